The Morgan fingerprint density at radius 2 is 2.36 bits per heavy atom. The number of anilines is 1. The van der Waals surface area contributed by atoms with Crippen molar-refractivity contribution >= 4 is 17.6 Å². The van der Waals surface area contributed by atoms with Gasteiger partial charge in [-0.15, -0.1) is 11.8 Å². The van der Waals surface area contributed by atoms with Gasteiger partial charge in [0.05, 0.1) is 10.6 Å². The van der Waals surface area contributed by atoms with E-state index in [1.807, 2.05) is 0 Å². The predicted octanol–water partition coefficient (Wildman–Crippen LogP) is 1.10. The van der Waals surface area contributed by atoms with E-state index in [-0.39, 0.29) is 0 Å². The summed E-state index contributed by atoms with van der Waals surface area (Å²) in [6, 6.07) is 0. The van der Waals surface area contributed by atoms with Crippen LogP contribution >= 0.6 is 11.8 Å². The maximum Gasteiger partial charge on any atom is 0.140 e. The number of hydrogen-bond acceptors (Lipinski definition) is 4. The summed E-state index contributed by atoms with van der Waals surface area (Å²) in [5, 5.41) is 0. The number of hydrogen-bond donors (Lipinski definition) is 1. The first-order chi connectivity index (χ1) is 5.38. The lowest BCUT2D eigenvalue weighted by Gasteiger charge is -2.13. The lowest BCUT2D eigenvalue weighted by atomic mass is 10.2. The van der Waals surface area contributed by atoms with E-state index < -0.39 is 0 Å². The molecule has 0 unspecified atom stereocenters. The highest BCUT2D eigenvalue weighted by molar-refractivity contribution is 7.99. The number of aromatic nitrogens is 2. The average molecular weight is 167 g/mol. The van der Waals surface area contributed by atoms with Crippen molar-refractivity contribution in [3.8, 4) is 0 Å². The standard InChI is InChI=1S/C7H9N3S/c8-7-6-5(9-4-10-7)2-1-3-11-6/h4H,1-3H2,(H2,8,9,10). The van der Waals surface area contributed by atoms with Crippen LogP contribution in [0.2, 0.25) is 0 Å². The molecule has 0 saturated heterocycles. The van der Waals surface area contributed by atoms with Crippen LogP contribution in [0.25, 0.3) is 0 Å². The van der Waals surface area contributed by atoms with Crippen LogP contribution in [0, 0.1) is 0 Å². The lowest BCUT2D eigenvalue weighted by Crippen LogP contribution is -2.05. The Bertz CT molecular complexity index is 274. The molecule has 0 amide bonds. The molecule has 1 aromatic rings. The molecule has 2 heterocycles. The molecule has 4 heteroatoms. The summed E-state index contributed by atoms with van der Waals surface area (Å²) in [6.07, 6.45) is 3.79. The molecular weight excluding hydrogens is 158 g/mol. The van der Waals surface area contributed by atoms with E-state index in [0.29, 0.717) is 5.82 Å². The minimum Gasteiger partial charge on any atom is -0.383 e. The highest BCUT2D eigenvalue weighted by atomic mass is 32.2. The zero-order valence-electron chi connectivity index (χ0n) is 6.08. The van der Waals surface area contributed by atoms with E-state index in [2.05, 4.69) is 9.97 Å². The molecule has 2 N–H and O–H groups in total. The molecule has 0 spiro atoms. The second kappa shape index (κ2) is 2.70. The second-order valence-corrected chi connectivity index (χ2v) is 3.59. The summed E-state index contributed by atoms with van der Waals surface area (Å²) in [5.41, 5.74) is 6.79. The Morgan fingerprint density at radius 1 is 1.45 bits per heavy atom. The quantitative estimate of drug-likeness (QED) is 0.628. The third-order valence-electron chi connectivity index (χ3n) is 1.71. The topological polar surface area (TPSA) is 51.8 Å². The van der Waals surface area contributed by atoms with Gasteiger partial charge in [-0.05, 0) is 18.6 Å². The maximum atomic E-state index is 5.67. The first kappa shape index (κ1) is 6.91. The Hall–Kier alpha value is -0.770. The van der Waals surface area contributed by atoms with Gasteiger partial charge in [-0.2, -0.15) is 0 Å². The zero-order valence-corrected chi connectivity index (χ0v) is 6.90. The van der Waals surface area contributed by atoms with Crippen LogP contribution in [0.4, 0.5) is 5.82 Å². The number of rotatable bonds is 0. The van der Waals surface area contributed by atoms with Gasteiger partial charge in [-0.25, -0.2) is 9.97 Å². The largest absolute Gasteiger partial charge is 0.383 e. The number of thioether (sulfide) groups is 1. The van der Waals surface area contributed by atoms with E-state index >= 15 is 0 Å². The molecular formula is C7H9N3S. The summed E-state index contributed by atoms with van der Waals surface area (Å²) < 4.78 is 0. The van der Waals surface area contributed by atoms with Crippen LogP contribution in [0.3, 0.4) is 0 Å². The van der Waals surface area contributed by atoms with Crippen molar-refractivity contribution in [3.63, 3.8) is 0 Å². The van der Waals surface area contributed by atoms with Gasteiger partial charge in [0.2, 0.25) is 0 Å². The average Bonchev–Trinajstić information content (AvgIpc) is 2.06. The highest BCUT2D eigenvalue weighted by Crippen LogP contribution is 2.31. The molecule has 2 rings (SSSR count). The van der Waals surface area contributed by atoms with Gasteiger partial charge < -0.3 is 5.73 Å². The number of fused-ring (bicyclic) bond motifs is 1. The fourth-order valence-electron chi connectivity index (χ4n) is 1.18. The maximum absolute atomic E-state index is 5.67. The van der Waals surface area contributed by atoms with Gasteiger partial charge in [-0.1, -0.05) is 0 Å². The first-order valence-electron chi connectivity index (χ1n) is 3.60. The molecule has 0 bridgehead atoms. The minimum absolute atomic E-state index is 0.639. The van der Waals surface area contributed by atoms with Crippen molar-refractivity contribution in [1.29, 1.82) is 0 Å². The molecule has 0 saturated carbocycles. The SMILES string of the molecule is Nc1ncnc2c1SCCC2. The lowest BCUT2D eigenvalue weighted by molar-refractivity contribution is 0.832. The molecule has 0 fully saturated rings. The Labute approximate surface area is 69.4 Å². The van der Waals surface area contributed by atoms with Gasteiger partial charge in [0.15, 0.2) is 0 Å². The zero-order chi connectivity index (χ0) is 7.68. The Kier molecular flexibility index (Phi) is 1.69. The molecule has 1 aliphatic rings. The number of nitrogens with two attached hydrogens (primary N) is 1. The summed E-state index contributed by atoms with van der Waals surface area (Å²) in [6.45, 7) is 0. The molecule has 11 heavy (non-hydrogen) atoms. The van der Waals surface area contributed by atoms with Crippen LogP contribution < -0.4 is 5.73 Å². The second-order valence-electron chi connectivity index (χ2n) is 2.49. The van der Waals surface area contributed by atoms with Gasteiger partial charge in [0.1, 0.15) is 12.1 Å². The van der Waals surface area contributed by atoms with Gasteiger partial charge in [-0.3, -0.25) is 0 Å². The van der Waals surface area contributed by atoms with Crippen LogP contribution in [-0.2, 0) is 6.42 Å². The molecule has 1 aliphatic heterocycles. The fraction of sp³-hybridized carbons (Fsp3) is 0.429. The minimum atomic E-state index is 0.639. The smallest absolute Gasteiger partial charge is 0.140 e. The van der Waals surface area contributed by atoms with Gasteiger partial charge >= 0.3 is 0 Å². The van der Waals surface area contributed by atoms with E-state index in [1.165, 1.54) is 6.42 Å². The van der Waals surface area contributed by atoms with Crippen molar-refractivity contribution in [2.24, 2.45) is 0 Å². The molecule has 0 radical (unpaired) electrons. The number of nitrogen functional groups attached to an aromatic ring is 1. The Balaban J connectivity index is 2.49. The summed E-state index contributed by atoms with van der Waals surface area (Å²) in [4.78, 5) is 9.20. The van der Waals surface area contributed by atoms with E-state index in [4.69, 9.17) is 5.73 Å². The van der Waals surface area contributed by atoms with Crippen molar-refractivity contribution in [3.05, 3.63) is 12.0 Å². The van der Waals surface area contributed by atoms with E-state index in [9.17, 15) is 0 Å². The molecule has 0 atom stereocenters. The monoisotopic (exact) mass is 167 g/mol. The molecule has 0 aliphatic carbocycles. The van der Waals surface area contributed by atoms with E-state index in [0.717, 1.165) is 22.8 Å². The molecule has 3 nitrogen and oxygen atoms in total. The van der Waals surface area contributed by atoms with Gasteiger partial charge in [0.25, 0.3) is 0 Å². The van der Waals surface area contributed by atoms with Crippen molar-refractivity contribution in [2.75, 3.05) is 11.5 Å². The van der Waals surface area contributed by atoms with Gasteiger partial charge in [0, 0.05) is 0 Å². The Morgan fingerprint density at radius 3 is 3.18 bits per heavy atom. The third-order valence-corrected chi connectivity index (χ3v) is 2.94. The van der Waals surface area contributed by atoms with Crippen LogP contribution in [0.15, 0.2) is 11.2 Å². The van der Waals surface area contributed by atoms with Crippen LogP contribution in [0.5, 0.6) is 0 Å². The van der Waals surface area contributed by atoms with Crippen LogP contribution in [-0.4, -0.2) is 15.7 Å². The first-order valence-corrected chi connectivity index (χ1v) is 4.58. The summed E-state index contributed by atoms with van der Waals surface area (Å²) in [7, 11) is 0. The summed E-state index contributed by atoms with van der Waals surface area (Å²) in [5.74, 6) is 1.78. The normalized spacial score (nSPS) is 16.0. The predicted molar refractivity (Wildman–Crippen MR) is 45.5 cm³/mol. The summed E-state index contributed by atoms with van der Waals surface area (Å²) >= 11 is 1.77. The van der Waals surface area contributed by atoms with Crippen molar-refractivity contribution in [1.82, 2.24) is 9.97 Å². The fourth-order valence-corrected chi connectivity index (χ4v) is 2.19. The number of nitrogens with zero attached hydrogens (tertiary/aromatic N) is 2. The molecule has 1 aromatic heterocycles. The highest BCUT2D eigenvalue weighted by Gasteiger charge is 2.13. The molecule has 0 aromatic carbocycles. The van der Waals surface area contributed by atoms with Crippen molar-refractivity contribution in [2.45, 2.75) is 17.7 Å². The van der Waals surface area contributed by atoms with Crippen LogP contribution in [0.1, 0.15) is 12.1 Å². The van der Waals surface area contributed by atoms with E-state index in [1.54, 1.807) is 18.1 Å². The molecule has 58 valence electrons. The van der Waals surface area contributed by atoms with Crippen molar-refractivity contribution < 1.29 is 0 Å². The number of aryl methyl sites for hydroxylation is 1. The third kappa shape index (κ3) is 1.18.